The molecule has 0 aromatic heterocycles. The number of nitrogens with zero attached hydrogens (tertiary/aromatic N) is 1. The van der Waals surface area contributed by atoms with Gasteiger partial charge in [-0.25, -0.2) is 0 Å². The quantitative estimate of drug-likeness (QED) is 0.647. The Labute approximate surface area is 174 Å². The van der Waals surface area contributed by atoms with Crippen LogP contribution in [0.15, 0.2) is 36.4 Å². The molecule has 0 unspecified atom stereocenters. The summed E-state index contributed by atoms with van der Waals surface area (Å²) < 4.78 is 15.6. The molecule has 29 heavy (non-hydrogen) atoms. The Kier molecular flexibility index (Phi) is 8.11. The molecule has 2 amide bonds. The van der Waals surface area contributed by atoms with Gasteiger partial charge in [0.2, 0.25) is 11.8 Å². The standard InChI is InChI=1S/C20H24ClN3O5/c1-24(11-19(25)22-15-9-13(21)5-7-17(15)28-3)12-20(26)23-16-10-14(27-2)6-8-18(16)29-4/h5-10H,11-12H2,1-4H3,(H,22,25)(H,23,26). The van der Waals surface area contributed by atoms with E-state index < -0.39 is 0 Å². The van der Waals surface area contributed by atoms with Gasteiger partial charge in [-0.2, -0.15) is 0 Å². The van der Waals surface area contributed by atoms with Crippen LogP contribution in [0.25, 0.3) is 0 Å². The fourth-order valence-corrected chi connectivity index (χ4v) is 2.79. The summed E-state index contributed by atoms with van der Waals surface area (Å²) in [5.41, 5.74) is 0.947. The molecule has 0 aliphatic carbocycles. The maximum absolute atomic E-state index is 12.4. The molecule has 9 heteroatoms. The van der Waals surface area contributed by atoms with E-state index in [1.807, 2.05) is 0 Å². The number of likely N-dealkylation sites (N-methyl/N-ethyl adjacent to an activating group) is 1. The molecule has 0 aliphatic heterocycles. The van der Waals surface area contributed by atoms with Crippen molar-refractivity contribution in [3.63, 3.8) is 0 Å². The van der Waals surface area contributed by atoms with Gasteiger partial charge in [-0.05, 0) is 37.4 Å². The lowest BCUT2D eigenvalue weighted by Gasteiger charge is -2.18. The first kappa shape index (κ1) is 22.3. The Morgan fingerprint density at radius 2 is 1.38 bits per heavy atom. The fraction of sp³-hybridized carbons (Fsp3) is 0.300. The molecule has 0 saturated carbocycles. The molecule has 0 fully saturated rings. The van der Waals surface area contributed by atoms with Crippen LogP contribution in [0.2, 0.25) is 5.02 Å². The van der Waals surface area contributed by atoms with Crippen molar-refractivity contribution in [3.8, 4) is 17.2 Å². The molecular weight excluding hydrogens is 398 g/mol. The average molecular weight is 422 g/mol. The summed E-state index contributed by atoms with van der Waals surface area (Å²) in [4.78, 5) is 26.2. The molecule has 0 bridgehead atoms. The zero-order valence-electron chi connectivity index (χ0n) is 16.7. The molecule has 0 atom stereocenters. The third-order valence-corrected chi connectivity index (χ3v) is 4.18. The van der Waals surface area contributed by atoms with Gasteiger partial charge in [0.1, 0.15) is 17.2 Å². The predicted octanol–water partition coefficient (Wildman–Crippen LogP) is 2.87. The smallest absolute Gasteiger partial charge is 0.238 e. The Morgan fingerprint density at radius 3 is 1.90 bits per heavy atom. The highest BCUT2D eigenvalue weighted by Crippen LogP contribution is 2.29. The molecular formula is C20H24ClN3O5. The van der Waals surface area contributed by atoms with E-state index in [-0.39, 0.29) is 24.9 Å². The Bertz CT molecular complexity index is 875. The zero-order chi connectivity index (χ0) is 21.4. The minimum absolute atomic E-state index is 0.000461. The van der Waals surface area contributed by atoms with E-state index >= 15 is 0 Å². The van der Waals surface area contributed by atoms with E-state index in [0.717, 1.165) is 0 Å². The van der Waals surface area contributed by atoms with Crippen molar-refractivity contribution in [2.75, 3.05) is 52.1 Å². The van der Waals surface area contributed by atoms with Gasteiger partial charge in [0.05, 0.1) is 45.8 Å². The molecule has 0 spiro atoms. The highest BCUT2D eigenvalue weighted by Gasteiger charge is 2.15. The number of halogens is 1. The number of nitrogens with one attached hydrogen (secondary N) is 2. The van der Waals surface area contributed by atoms with Gasteiger partial charge < -0.3 is 24.8 Å². The van der Waals surface area contributed by atoms with Gasteiger partial charge in [-0.1, -0.05) is 11.6 Å². The maximum atomic E-state index is 12.4. The summed E-state index contributed by atoms with van der Waals surface area (Å²) in [5, 5.41) is 5.97. The van der Waals surface area contributed by atoms with Gasteiger partial charge in [0.25, 0.3) is 0 Å². The molecule has 0 heterocycles. The van der Waals surface area contributed by atoms with Crippen molar-refractivity contribution < 1.29 is 23.8 Å². The Balaban J connectivity index is 1.93. The largest absolute Gasteiger partial charge is 0.497 e. The molecule has 0 aliphatic rings. The summed E-state index contributed by atoms with van der Waals surface area (Å²) in [6.07, 6.45) is 0. The summed E-state index contributed by atoms with van der Waals surface area (Å²) in [7, 11) is 6.21. The van der Waals surface area contributed by atoms with Crippen molar-refractivity contribution in [1.82, 2.24) is 4.90 Å². The number of ether oxygens (including phenoxy) is 3. The number of benzene rings is 2. The number of hydrogen-bond acceptors (Lipinski definition) is 6. The lowest BCUT2D eigenvalue weighted by molar-refractivity contribution is -0.119. The number of methoxy groups -OCH3 is 3. The summed E-state index contributed by atoms with van der Waals surface area (Å²) >= 11 is 5.97. The topological polar surface area (TPSA) is 89.1 Å². The second kappa shape index (κ2) is 10.5. The van der Waals surface area contributed by atoms with Crippen LogP contribution in [0.4, 0.5) is 11.4 Å². The maximum Gasteiger partial charge on any atom is 0.238 e. The molecule has 2 rings (SSSR count). The second-order valence-corrected chi connectivity index (χ2v) is 6.62. The highest BCUT2D eigenvalue weighted by atomic mass is 35.5. The van der Waals surface area contributed by atoms with Crippen LogP contribution in [-0.2, 0) is 9.59 Å². The number of carbonyl (C=O) groups is 2. The summed E-state index contributed by atoms with van der Waals surface area (Å²) in [5.74, 6) is 0.984. The highest BCUT2D eigenvalue weighted by molar-refractivity contribution is 6.31. The molecule has 2 aromatic rings. The third-order valence-electron chi connectivity index (χ3n) is 3.94. The number of anilines is 2. The van der Waals surface area contributed by atoms with Crippen LogP contribution < -0.4 is 24.8 Å². The molecule has 2 aromatic carbocycles. The van der Waals surface area contributed by atoms with E-state index in [0.29, 0.717) is 33.6 Å². The zero-order valence-corrected chi connectivity index (χ0v) is 17.5. The van der Waals surface area contributed by atoms with Crippen LogP contribution in [0.3, 0.4) is 0 Å². The van der Waals surface area contributed by atoms with Gasteiger partial charge in [0.15, 0.2) is 0 Å². The predicted molar refractivity (Wildman–Crippen MR) is 112 cm³/mol. The van der Waals surface area contributed by atoms with Crippen molar-refractivity contribution >= 4 is 34.8 Å². The lowest BCUT2D eigenvalue weighted by atomic mass is 10.2. The van der Waals surface area contributed by atoms with Crippen molar-refractivity contribution in [1.29, 1.82) is 0 Å². The van der Waals surface area contributed by atoms with Gasteiger partial charge in [-0.3, -0.25) is 14.5 Å². The van der Waals surface area contributed by atoms with E-state index in [4.69, 9.17) is 25.8 Å². The van der Waals surface area contributed by atoms with E-state index in [1.54, 1.807) is 48.3 Å². The second-order valence-electron chi connectivity index (χ2n) is 6.18. The number of hydrogen-bond donors (Lipinski definition) is 2. The fourth-order valence-electron chi connectivity index (χ4n) is 2.62. The molecule has 156 valence electrons. The van der Waals surface area contributed by atoms with Gasteiger partial charge in [-0.15, -0.1) is 0 Å². The van der Waals surface area contributed by atoms with Crippen molar-refractivity contribution in [3.05, 3.63) is 41.4 Å². The van der Waals surface area contributed by atoms with Crippen molar-refractivity contribution in [2.24, 2.45) is 0 Å². The van der Waals surface area contributed by atoms with Crippen LogP contribution in [0.5, 0.6) is 17.2 Å². The molecule has 2 N–H and O–H groups in total. The monoisotopic (exact) mass is 421 g/mol. The van der Waals surface area contributed by atoms with Gasteiger partial charge >= 0.3 is 0 Å². The van der Waals surface area contributed by atoms with Crippen LogP contribution in [-0.4, -0.2) is 58.2 Å². The first-order valence-electron chi connectivity index (χ1n) is 8.70. The Morgan fingerprint density at radius 1 is 0.862 bits per heavy atom. The minimum atomic E-state index is -0.306. The van der Waals surface area contributed by atoms with Crippen LogP contribution in [0, 0.1) is 0 Å². The first-order chi connectivity index (χ1) is 13.9. The van der Waals surface area contributed by atoms with E-state index in [1.165, 1.54) is 21.3 Å². The van der Waals surface area contributed by atoms with Crippen LogP contribution in [0.1, 0.15) is 0 Å². The average Bonchev–Trinajstić information content (AvgIpc) is 2.67. The number of carbonyl (C=O) groups excluding carboxylic acids is 2. The molecule has 8 nitrogen and oxygen atoms in total. The number of rotatable bonds is 9. The normalized spacial score (nSPS) is 10.4. The summed E-state index contributed by atoms with van der Waals surface area (Å²) in [6, 6.07) is 10.0. The van der Waals surface area contributed by atoms with E-state index in [9.17, 15) is 9.59 Å². The summed E-state index contributed by atoms with van der Waals surface area (Å²) in [6.45, 7) is -0.00119. The SMILES string of the molecule is COc1ccc(OC)c(NC(=O)CN(C)CC(=O)Nc2cc(Cl)ccc2OC)c1. The van der Waals surface area contributed by atoms with Crippen molar-refractivity contribution in [2.45, 2.75) is 0 Å². The van der Waals surface area contributed by atoms with Crippen LogP contribution >= 0.6 is 11.6 Å². The van der Waals surface area contributed by atoms with Gasteiger partial charge in [0, 0.05) is 11.1 Å². The minimum Gasteiger partial charge on any atom is -0.497 e. The first-order valence-corrected chi connectivity index (χ1v) is 9.08. The molecule has 0 saturated heterocycles. The molecule has 0 radical (unpaired) electrons. The Hall–Kier alpha value is -2.97. The third kappa shape index (κ3) is 6.55. The lowest BCUT2D eigenvalue weighted by Crippen LogP contribution is -2.36. The number of amides is 2. The van der Waals surface area contributed by atoms with E-state index in [2.05, 4.69) is 10.6 Å².